The van der Waals surface area contributed by atoms with Gasteiger partial charge in [-0.25, -0.2) is 0 Å². The number of fused-ring (bicyclic) bond motifs is 7. The molecule has 0 bridgehead atoms. The Bertz CT molecular complexity index is 969. The minimum atomic E-state index is -0.545. The largest absolute Gasteiger partial charge is 0.481 e. The normalized spacial score (nSPS) is 49.7. The third-order valence-corrected chi connectivity index (χ3v) is 12.3. The molecular formula is C30H44O3. The molecule has 1 N–H and O–H groups in total. The number of rotatable bonds is 1. The van der Waals surface area contributed by atoms with Gasteiger partial charge in [-0.05, 0) is 91.4 Å². The van der Waals surface area contributed by atoms with E-state index in [4.69, 9.17) is 0 Å². The molecule has 5 rings (SSSR count). The minimum Gasteiger partial charge on any atom is -0.481 e. The van der Waals surface area contributed by atoms with E-state index in [-0.39, 0.29) is 38.8 Å². The van der Waals surface area contributed by atoms with Crippen molar-refractivity contribution in [3.8, 4) is 0 Å². The van der Waals surface area contributed by atoms with Crippen molar-refractivity contribution in [2.45, 2.75) is 99.8 Å². The predicted octanol–water partition coefficient (Wildman–Crippen LogP) is 7.22. The highest BCUT2D eigenvalue weighted by molar-refractivity contribution is 5.96. The third-order valence-electron chi connectivity index (χ3n) is 12.3. The quantitative estimate of drug-likeness (QED) is 0.427. The van der Waals surface area contributed by atoms with Gasteiger partial charge in [-0.2, -0.15) is 0 Å². The van der Waals surface area contributed by atoms with Gasteiger partial charge in [0, 0.05) is 10.8 Å². The maximum Gasteiger partial charge on any atom is 0.309 e. The smallest absolute Gasteiger partial charge is 0.309 e. The Morgan fingerprint density at radius 3 is 2.27 bits per heavy atom. The molecule has 5 aliphatic carbocycles. The van der Waals surface area contributed by atoms with Gasteiger partial charge in [-0.1, -0.05) is 66.2 Å². The van der Waals surface area contributed by atoms with Crippen LogP contribution in [0.1, 0.15) is 99.8 Å². The monoisotopic (exact) mass is 452 g/mol. The van der Waals surface area contributed by atoms with Crippen molar-refractivity contribution < 1.29 is 14.7 Å². The summed E-state index contributed by atoms with van der Waals surface area (Å²) in [6.45, 7) is 16.3. The van der Waals surface area contributed by atoms with Crippen LogP contribution in [0.3, 0.4) is 0 Å². The van der Waals surface area contributed by atoms with Crippen molar-refractivity contribution >= 4 is 11.8 Å². The lowest BCUT2D eigenvalue weighted by molar-refractivity contribution is -0.187. The maximum atomic E-state index is 12.8. The van der Waals surface area contributed by atoms with Gasteiger partial charge >= 0.3 is 5.97 Å². The number of hydrogen-bond acceptors (Lipinski definition) is 2. The first-order valence-corrected chi connectivity index (χ1v) is 13.3. The zero-order chi connectivity index (χ0) is 24.2. The van der Waals surface area contributed by atoms with Crippen LogP contribution in [0.15, 0.2) is 23.8 Å². The van der Waals surface area contributed by atoms with Crippen molar-refractivity contribution in [1.82, 2.24) is 0 Å². The number of carboxylic acids is 1. The van der Waals surface area contributed by atoms with Gasteiger partial charge < -0.3 is 5.11 Å². The molecule has 5 aliphatic rings. The summed E-state index contributed by atoms with van der Waals surface area (Å²) >= 11 is 0. The molecule has 0 aliphatic heterocycles. The summed E-state index contributed by atoms with van der Waals surface area (Å²) in [5.41, 5.74) is 0.942. The van der Waals surface area contributed by atoms with E-state index in [0.29, 0.717) is 11.8 Å². The standard InChI is InChI=1S/C30H44O3/c1-25(2)14-16-30(24(32)33)17-15-28(6)19(20(30)18-25)8-9-22-27(5)12-11-23(31)26(3,4)21(27)10-13-29(22,28)7/h9,11-12,19-21H,8,10,13-18H2,1-7H3,(H,32,33)/t19?,20?,21-,27-,28+,29+,30-/m0/s1. The fraction of sp³-hybridized carbons (Fsp3) is 0.800. The van der Waals surface area contributed by atoms with E-state index in [2.05, 4.69) is 60.6 Å². The van der Waals surface area contributed by atoms with E-state index in [1.54, 1.807) is 5.57 Å². The summed E-state index contributed by atoms with van der Waals surface area (Å²) in [5, 5.41) is 10.5. The first-order valence-electron chi connectivity index (χ1n) is 13.3. The molecule has 7 atom stereocenters. The van der Waals surface area contributed by atoms with Crippen molar-refractivity contribution in [3.05, 3.63) is 23.8 Å². The van der Waals surface area contributed by atoms with Crippen LogP contribution in [0.4, 0.5) is 0 Å². The average Bonchev–Trinajstić information content (AvgIpc) is 2.71. The summed E-state index contributed by atoms with van der Waals surface area (Å²) in [7, 11) is 0. The van der Waals surface area contributed by atoms with Gasteiger partial charge in [0.1, 0.15) is 0 Å². The molecule has 3 heteroatoms. The van der Waals surface area contributed by atoms with Crippen LogP contribution >= 0.6 is 0 Å². The Hall–Kier alpha value is -1.38. The lowest BCUT2D eigenvalue weighted by Crippen LogP contribution is -2.63. The number of hydrogen-bond donors (Lipinski definition) is 1. The van der Waals surface area contributed by atoms with Gasteiger partial charge in [0.25, 0.3) is 0 Å². The highest BCUT2D eigenvalue weighted by Crippen LogP contribution is 2.74. The van der Waals surface area contributed by atoms with Crippen LogP contribution in [-0.2, 0) is 9.59 Å². The number of carbonyl (C=O) groups excluding carboxylic acids is 1. The SMILES string of the molecule is CC1(C)CC[C@]2(C(=O)O)CC[C@]3(C)C(CC=C4[C@@]5(C)C=CC(=O)C(C)(C)[C@@H]5CC[C@]43C)C2C1. The number of ketones is 1. The molecule has 182 valence electrons. The van der Waals surface area contributed by atoms with E-state index < -0.39 is 11.4 Å². The minimum absolute atomic E-state index is 0.0498. The Morgan fingerprint density at radius 2 is 1.61 bits per heavy atom. The Labute approximate surface area is 200 Å². The lowest BCUT2D eigenvalue weighted by atomic mass is 9.34. The fourth-order valence-electron chi connectivity index (χ4n) is 9.96. The van der Waals surface area contributed by atoms with E-state index in [0.717, 1.165) is 51.4 Å². The van der Waals surface area contributed by atoms with Crippen molar-refractivity contribution in [2.24, 2.45) is 50.2 Å². The van der Waals surface area contributed by atoms with Gasteiger partial charge in [-0.15, -0.1) is 0 Å². The Morgan fingerprint density at radius 1 is 0.939 bits per heavy atom. The van der Waals surface area contributed by atoms with E-state index in [1.807, 2.05) is 6.08 Å². The van der Waals surface area contributed by atoms with Crippen LogP contribution in [0.25, 0.3) is 0 Å². The molecule has 3 saturated carbocycles. The van der Waals surface area contributed by atoms with Gasteiger partial charge in [0.05, 0.1) is 5.41 Å². The first-order chi connectivity index (χ1) is 15.1. The van der Waals surface area contributed by atoms with Gasteiger partial charge in [0.2, 0.25) is 0 Å². The van der Waals surface area contributed by atoms with Crippen LogP contribution in [-0.4, -0.2) is 16.9 Å². The highest BCUT2D eigenvalue weighted by atomic mass is 16.4. The van der Waals surface area contributed by atoms with Crippen molar-refractivity contribution in [2.75, 3.05) is 0 Å². The number of carboxylic acid groups (broad SMARTS) is 1. The molecule has 0 heterocycles. The maximum absolute atomic E-state index is 12.8. The molecule has 0 aromatic heterocycles. The number of allylic oxidation sites excluding steroid dienone is 4. The van der Waals surface area contributed by atoms with Crippen LogP contribution in [0.5, 0.6) is 0 Å². The van der Waals surface area contributed by atoms with E-state index in [9.17, 15) is 14.7 Å². The van der Waals surface area contributed by atoms with Crippen molar-refractivity contribution in [1.29, 1.82) is 0 Å². The summed E-state index contributed by atoms with van der Waals surface area (Å²) < 4.78 is 0. The second-order valence-corrected chi connectivity index (χ2v) is 14.4. The average molecular weight is 453 g/mol. The fourth-order valence-corrected chi connectivity index (χ4v) is 9.96. The van der Waals surface area contributed by atoms with E-state index in [1.165, 1.54) is 0 Å². The van der Waals surface area contributed by atoms with Crippen LogP contribution in [0.2, 0.25) is 0 Å². The third kappa shape index (κ3) is 2.74. The van der Waals surface area contributed by atoms with Crippen LogP contribution in [0, 0.1) is 50.2 Å². The zero-order valence-corrected chi connectivity index (χ0v) is 21.9. The summed E-state index contributed by atoms with van der Waals surface area (Å²) in [5.74, 6) is 0.714. The molecular weight excluding hydrogens is 408 g/mol. The summed E-state index contributed by atoms with van der Waals surface area (Å²) in [4.78, 5) is 25.5. The highest BCUT2D eigenvalue weighted by Gasteiger charge is 2.68. The second kappa shape index (κ2) is 6.64. The van der Waals surface area contributed by atoms with Crippen LogP contribution < -0.4 is 0 Å². The molecule has 3 fully saturated rings. The second-order valence-electron chi connectivity index (χ2n) is 14.4. The zero-order valence-electron chi connectivity index (χ0n) is 21.9. The first kappa shape index (κ1) is 23.4. The lowest BCUT2D eigenvalue weighted by Gasteiger charge is -2.69. The topological polar surface area (TPSA) is 54.4 Å². The predicted molar refractivity (Wildman–Crippen MR) is 132 cm³/mol. The number of aliphatic carboxylic acids is 1. The molecule has 0 saturated heterocycles. The summed E-state index contributed by atoms with van der Waals surface area (Å²) in [6, 6.07) is 0. The molecule has 2 unspecified atom stereocenters. The summed E-state index contributed by atoms with van der Waals surface area (Å²) in [6.07, 6.45) is 14.5. The molecule has 0 radical (unpaired) electrons. The molecule has 0 aromatic rings. The molecule has 0 aromatic carbocycles. The van der Waals surface area contributed by atoms with E-state index >= 15 is 0 Å². The van der Waals surface area contributed by atoms with Crippen molar-refractivity contribution in [3.63, 3.8) is 0 Å². The van der Waals surface area contributed by atoms with Gasteiger partial charge in [-0.3, -0.25) is 9.59 Å². The molecule has 3 nitrogen and oxygen atoms in total. The molecule has 0 amide bonds. The molecule has 0 spiro atoms. The molecule has 33 heavy (non-hydrogen) atoms. The van der Waals surface area contributed by atoms with Gasteiger partial charge in [0.15, 0.2) is 5.78 Å². The Kier molecular flexibility index (Phi) is 4.70. The Balaban J connectivity index is 1.63. The number of carbonyl (C=O) groups is 2.